The van der Waals surface area contributed by atoms with Gasteiger partial charge in [0.2, 0.25) is 5.91 Å². The largest absolute Gasteiger partial charge is 0.365 e. The van der Waals surface area contributed by atoms with E-state index in [0.29, 0.717) is 33.2 Å². The van der Waals surface area contributed by atoms with Crippen molar-refractivity contribution in [1.29, 1.82) is 0 Å². The number of nitrogens with one attached hydrogen (secondary N) is 1. The van der Waals surface area contributed by atoms with Crippen LogP contribution in [0.15, 0.2) is 29.1 Å². The molecule has 13 heteroatoms. The predicted molar refractivity (Wildman–Crippen MR) is 128 cm³/mol. The number of aryl methyl sites for hydroxylation is 2. The van der Waals surface area contributed by atoms with E-state index in [9.17, 15) is 18.4 Å². The number of pyridine rings is 1. The van der Waals surface area contributed by atoms with Crippen LogP contribution in [-0.4, -0.2) is 36.4 Å². The van der Waals surface area contributed by atoms with E-state index in [4.69, 9.17) is 5.73 Å². The molecule has 0 aliphatic rings. The van der Waals surface area contributed by atoms with E-state index in [1.165, 1.54) is 10.7 Å². The first-order valence-electron chi connectivity index (χ1n) is 10.2. The van der Waals surface area contributed by atoms with Gasteiger partial charge in [-0.3, -0.25) is 19.0 Å². The molecule has 0 spiro atoms. The van der Waals surface area contributed by atoms with Crippen LogP contribution in [0.5, 0.6) is 0 Å². The number of primary amides is 1. The number of carbonyl (C=O) groups is 2. The number of anilines is 1. The van der Waals surface area contributed by atoms with Crippen molar-refractivity contribution >= 4 is 55.0 Å². The molecule has 0 aromatic carbocycles. The molecule has 0 saturated carbocycles. The number of alkyl halides is 2. The summed E-state index contributed by atoms with van der Waals surface area (Å²) < 4.78 is 31.2. The average Bonchev–Trinajstić information content (AvgIpc) is 3.49. The molecule has 4 rings (SSSR count). The molecule has 0 saturated heterocycles. The minimum absolute atomic E-state index is 0.0119. The van der Waals surface area contributed by atoms with Gasteiger partial charge in [-0.25, -0.2) is 13.8 Å². The van der Waals surface area contributed by atoms with Gasteiger partial charge < -0.3 is 11.1 Å². The summed E-state index contributed by atoms with van der Waals surface area (Å²) in [6.07, 6.45) is 2.08. The second-order valence-electron chi connectivity index (χ2n) is 7.53. The van der Waals surface area contributed by atoms with Crippen LogP contribution in [0.2, 0.25) is 0 Å². The molecule has 1 atom stereocenters. The molecule has 4 aromatic heterocycles. The zero-order valence-corrected chi connectivity index (χ0v) is 20.7. The standard InChI is InChI=1S/C21H20BrF2N7O2S/c1-4-30-8-13(9(2)29-30)12-5-14(18(23)24)27-21-15(12)16(17(34-21)19(25)32)28-20(33)10(3)31-7-11(22)6-26-31/h5-8,10,18H,4H2,1-3H3,(H2,25,32)(H,28,33). The van der Waals surface area contributed by atoms with E-state index in [-0.39, 0.29) is 15.4 Å². The molecule has 9 nitrogen and oxygen atoms in total. The van der Waals surface area contributed by atoms with Gasteiger partial charge in [-0.05, 0) is 48.3 Å². The number of nitrogens with zero attached hydrogens (tertiary/aromatic N) is 5. The van der Waals surface area contributed by atoms with E-state index in [1.807, 2.05) is 6.92 Å². The van der Waals surface area contributed by atoms with E-state index >= 15 is 0 Å². The van der Waals surface area contributed by atoms with Crippen LogP contribution >= 0.6 is 27.3 Å². The highest BCUT2D eigenvalue weighted by atomic mass is 79.9. The lowest BCUT2D eigenvalue weighted by Crippen LogP contribution is -2.25. The van der Waals surface area contributed by atoms with Gasteiger partial charge >= 0.3 is 0 Å². The van der Waals surface area contributed by atoms with Crippen molar-refractivity contribution in [2.45, 2.75) is 39.8 Å². The number of aromatic nitrogens is 5. The number of hydrogen-bond acceptors (Lipinski definition) is 6. The Hall–Kier alpha value is -3.19. The molecule has 2 amide bonds. The molecule has 0 radical (unpaired) electrons. The molecule has 34 heavy (non-hydrogen) atoms. The van der Waals surface area contributed by atoms with Crippen LogP contribution in [0.25, 0.3) is 21.3 Å². The molecule has 1 unspecified atom stereocenters. The number of rotatable bonds is 7. The number of amides is 2. The normalized spacial score (nSPS) is 12.4. The van der Waals surface area contributed by atoms with Gasteiger partial charge in [0, 0.05) is 29.9 Å². The van der Waals surface area contributed by atoms with Crippen LogP contribution in [0, 0.1) is 6.92 Å². The van der Waals surface area contributed by atoms with Crippen molar-refractivity contribution < 1.29 is 18.4 Å². The van der Waals surface area contributed by atoms with Gasteiger partial charge in [0.15, 0.2) is 0 Å². The lowest BCUT2D eigenvalue weighted by Gasteiger charge is -2.14. The van der Waals surface area contributed by atoms with E-state index in [1.54, 1.807) is 37.1 Å². The summed E-state index contributed by atoms with van der Waals surface area (Å²) >= 11 is 4.14. The van der Waals surface area contributed by atoms with E-state index in [2.05, 4.69) is 36.4 Å². The Morgan fingerprint density at radius 1 is 1.29 bits per heavy atom. The summed E-state index contributed by atoms with van der Waals surface area (Å²) in [4.78, 5) is 29.6. The highest BCUT2D eigenvalue weighted by molar-refractivity contribution is 9.10. The smallest absolute Gasteiger partial charge is 0.280 e. The number of fused-ring (bicyclic) bond motifs is 1. The number of carbonyl (C=O) groups excluding carboxylic acids is 2. The van der Waals surface area contributed by atoms with Crippen LogP contribution < -0.4 is 11.1 Å². The summed E-state index contributed by atoms with van der Waals surface area (Å²) in [5.41, 5.74) is 6.84. The predicted octanol–water partition coefficient (Wildman–Crippen LogP) is 4.68. The Morgan fingerprint density at radius 2 is 2.03 bits per heavy atom. The highest BCUT2D eigenvalue weighted by Gasteiger charge is 2.27. The Labute approximate surface area is 205 Å². The monoisotopic (exact) mass is 551 g/mol. The van der Waals surface area contributed by atoms with Gasteiger partial charge in [-0.1, -0.05) is 0 Å². The lowest BCUT2D eigenvalue weighted by atomic mass is 10.0. The average molecular weight is 552 g/mol. The summed E-state index contributed by atoms with van der Waals surface area (Å²) in [7, 11) is 0. The topological polar surface area (TPSA) is 121 Å². The molecule has 0 fully saturated rings. The molecular formula is C21H20BrF2N7O2S. The molecule has 4 heterocycles. The fourth-order valence-electron chi connectivity index (χ4n) is 3.55. The second-order valence-corrected chi connectivity index (χ2v) is 9.45. The highest BCUT2D eigenvalue weighted by Crippen LogP contribution is 2.43. The molecule has 4 aromatic rings. The second kappa shape index (κ2) is 9.22. The number of thiophene rings is 1. The van der Waals surface area contributed by atoms with Gasteiger partial charge in [-0.15, -0.1) is 11.3 Å². The zero-order valence-electron chi connectivity index (χ0n) is 18.3. The Bertz CT molecular complexity index is 1410. The van der Waals surface area contributed by atoms with Crippen molar-refractivity contribution in [2.24, 2.45) is 5.73 Å². The van der Waals surface area contributed by atoms with E-state index in [0.717, 1.165) is 11.3 Å². The number of hydrogen-bond donors (Lipinski definition) is 2. The SMILES string of the molecule is CCn1cc(-c2cc(C(F)F)nc3sc(C(N)=O)c(NC(=O)C(C)n4cc(Br)cn4)c23)c(C)n1. The molecule has 178 valence electrons. The quantitative estimate of drug-likeness (QED) is 0.345. The first-order valence-corrected chi connectivity index (χ1v) is 11.8. The Balaban J connectivity index is 1.93. The van der Waals surface area contributed by atoms with Crippen LogP contribution in [0.1, 0.15) is 47.4 Å². The Morgan fingerprint density at radius 3 is 2.59 bits per heavy atom. The number of halogens is 3. The van der Waals surface area contributed by atoms with Gasteiger partial charge in [0.05, 0.1) is 22.1 Å². The van der Waals surface area contributed by atoms with Crippen LogP contribution in [0.4, 0.5) is 14.5 Å². The molecular weight excluding hydrogens is 532 g/mol. The molecule has 0 bridgehead atoms. The summed E-state index contributed by atoms with van der Waals surface area (Å²) in [6.45, 7) is 5.87. The van der Waals surface area contributed by atoms with Crippen molar-refractivity contribution in [3.63, 3.8) is 0 Å². The van der Waals surface area contributed by atoms with Crippen LogP contribution in [-0.2, 0) is 11.3 Å². The van der Waals surface area contributed by atoms with Crippen molar-refractivity contribution in [2.75, 3.05) is 5.32 Å². The third-order valence-corrected chi connectivity index (χ3v) is 6.79. The maximum Gasteiger partial charge on any atom is 0.280 e. The summed E-state index contributed by atoms with van der Waals surface area (Å²) in [5, 5.41) is 11.6. The summed E-state index contributed by atoms with van der Waals surface area (Å²) in [5.74, 6) is -1.28. The van der Waals surface area contributed by atoms with Crippen molar-refractivity contribution in [3.05, 3.63) is 45.4 Å². The molecule has 0 aliphatic heterocycles. The van der Waals surface area contributed by atoms with Crippen molar-refractivity contribution in [1.82, 2.24) is 24.5 Å². The maximum atomic E-state index is 13.7. The number of nitrogens with two attached hydrogens (primary N) is 1. The van der Waals surface area contributed by atoms with Gasteiger partial charge in [0.1, 0.15) is 21.4 Å². The van der Waals surface area contributed by atoms with Crippen LogP contribution in [0.3, 0.4) is 0 Å². The Kier molecular flexibility index (Phi) is 6.49. The van der Waals surface area contributed by atoms with E-state index < -0.39 is 30.0 Å². The fourth-order valence-corrected chi connectivity index (χ4v) is 4.87. The fraction of sp³-hybridized carbons (Fsp3) is 0.286. The van der Waals surface area contributed by atoms with Crippen molar-refractivity contribution in [3.8, 4) is 11.1 Å². The minimum atomic E-state index is -2.83. The molecule has 0 aliphatic carbocycles. The van der Waals surface area contributed by atoms with Gasteiger partial charge in [0.25, 0.3) is 12.3 Å². The zero-order chi connectivity index (χ0) is 24.7. The first kappa shape index (κ1) is 24.0. The maximum absolute atomic E-state index is 13.7. The summed E-state index contributed by atoms with van der Waals surface area (Å²) in [6, 6.07) is 0.529. The third kappa shape index (κ3) is 4.32. The lowest BCUT2D eigenvalue weighted by molar-refractivity contribution is -0.119. The third-order valence-electron chi connectivity index (χ3n) is 5.28. The molecule has 3 N–H and O–H groups in total. The van der Waals surface area contributed by atoms with Gasteiger partial charge in [-0.2, -0.15) is 10.2 Å². The first-order chi connectivity index (χ1) is 16.1. The minimum Gasteiger partial charge on any atom is -0.365 e.